The fourth-order valence-electron chi connectivity index (χ4n) is 0.256. The number of hydrogen-bond donors (Lipinski definition) is 0. The van der Waals surface area contributed by atoms with Gasteiger partial charge in [0.2, 0.25) is 0 Å². The van der Waals surface area contributed by atoms with Crippen LogP contribution < -0.4 is 0 Å². The van der Waals surface area contributed by atoms with Crippen molar-refractivity contribution in [3.63, 3.8) is 0 Å². The number of carbonyl (C=O) groups excluding carboxylic acids is 1. The molecular weight excluding hydrogens is 135 g/mol. The summed E-state index contributed by atoms with van der Waals surface area (Å²) < 4.78 is 11.3. The van der Waals surface area contributed by atoms with E-state index in [0.717, 1.165) is 6.20 Å². The number of nitriles is 1. The Balaban J connectivity index is 3.54. The summed E-state index contributed by atoms with van der Waals surface area (Å²) in [6.45, 7) is 0. The highest BCUT2D eigenvalue weighted by Crippen LogP contribution is 1.78. The van der Waals surface area contributed by atoms with Crippen molar-refractivity contribution in [3.05, 3.63) is 12.3 Å². The Morgan fingerprint density at radius 1 is 1.80 bits per heavy atom. The topological polar surface area (TPSA) is 53.2 Å². The van der Waals surface area contributed by atoms with Crippen LogP contribution >= 0.6 is 0 Å². The Bertz CT molecular complexity index is 202. The lowest BCUT2D eigenvalue weighted by atomic mass is 10.5. The van der Waals surface area contributed by atoms with Crippen LogP contribution in [0.1, 0.15) is 6.42 Å². The molecule has 10 heavy (non-hydrogen) atoms. The van der Waals surface area contributed by atoms with Crippen LogP contribution in [0, 0.1) is 11.3 Å². The molecule has 0 aromatic carbocycles. The lowest BCUT2D eigenvalue weighted by Crippen LogP contribution is -1.75. The van der Waals surface area contributed by atoms with Crippen LogP contribution in [-0.4, -0.2) is 12.3 Å². The second-order valence-corrected chi connectivity index (χ2v) is 1.31. The lowest BCUT2D eigenvalue weighted by molar-refractivity contribution is -0.124. The normalized spacial score (nSPS) is 10.4. The maximum Gasteiger partial charge on any atom is 0.326 e. The van der Waals surface area contributed by atoms with Gasteiger partial charge >= 0.3 is 6.04 Å². The zero-order valence-electron chi connectivity index (χ0n) is 5.12. The van der Waals surface area contributed by atoms with Crippen LogP contribution in [0.4, 0.5) is 4.39 Å². The molecule has 0 spiro atoms. The first-order chi connectivity index (χ1) is 4.77. The molecule has 4 heteroatoms. The van der Waals surface area contributed by atoms with Crippen LogP contribution in [0.15, 0.2) is 17.3 Å². The van der Waals surface area contributed by atoms with Gasteiger partial charge in [0.15, 0.2) is 0 Å². The van der Waals surface area contributed by atoms with Crippen LogP contribution in [0.5, 0.6) is 0 Å². The summed E-state index contributed by atoms with van der Waals surface area (Å²) in [4.78, 5) is 13.0. The third kappa shape index (κ3) is 6.50. The number of hydrogen-bond acceptors (Lipinski definition) is 3. The molecule has 0 N–H and O–H groups in total. The maximum atomic E-state index is 11.3. The van der Waals surface area contributed by atoms with Gasteiger partial charge in [-0.3, -0.25) is 9.79 Å². The Morgan fingerprint density at radius 2 is 2.50 bits per heavy atom. The Labute approximate surface area is 57.5 Å². The Morgan fingerprint density at radius 3 is 3.00 bits per heavy atom. The fourth-order valence-corrected chi connectivity index (χ4v) is 0.256. The summed E-state index contributed by atoms with van der Waals surface area (Å²) in [6, 6.07) is 0.247. The minimum absolute atomic E-state index is 0.158. The van der Waals surface area contributed by atoms with Crippen molar-refractivity contribution in [3.8, 4) is 6.07 Å². The first kappa shape index (κ1) is 8.50. The molecule has 0 aromatic rings. The summed E-state index contributed by atoms with van der Waals surface area (Å²) in [7, 11) is 0. The summed E-state index contributed by atoms with van der Waals surface area (Å²) in [5.74, 6) is 0. The van der Waals surface area contributed by atoms with Gasteiger partial charge in [0.05, 0.1) is 12.5 Å². The van der Waals surface area contributed by atoms with Crippen molar-refractivity contribution in [2.75, 3.05) is 0 Å². The minimum atomic E-state index is -1.55. The van der Waals surface area contributed by atoms with E-state index in [2.05, 4.69) is 4.99 Å². The number of nitrogens with zero attached hydrogens (tertiary/aromatic N) is 2. The molecule has 0 unspecified atom stereocenters. The van der Waals surface area contributed by atoms with E-state index in [1.165, 1.54) is 6.21 Å². The molecule has 0 saturated carbocycles. The largest absolute Gasteiger partial charge is 0.326 e. The van der Waals surface area contributed by atoms with E-state index in [-0.39, 0.29) is 6.42 Å². The third-order valence-electron chi connectivity index (χ3n) is 0.580. The zero-order valence-corrected chi connectivity index (χ0v) is 5.12. The number of halogens is 1. The molecular formula is C6H5FN2O. The number of allylic oxidation sites excluding steroid dienone is 1. The van der Waals surface area contributed by atoms with E-state index in [1.807, 2.05) is 0 Å². The highest BCUT2D eigenvalue weighted by Gasteiger charge is 1.82. The van der Waals surface area contributed by atoms with Crippen molar-refractivity contribution in [2.24, 2.45) is 4.99 Å². The number of carbonyl (C=O) groups is 1. The molecule has 0 aliphatic rings. The van der Waals surface area contributed by atoms with Crippen LogP contribution in [-0.2, 0) is 4.79 Å². The smallest absolute Gasteiger partial charge is 0.268 e. The molecule has 0 radical (unpaired) electrons. The second-order valence-electron chi connectivity index (χ2n) is 1.31. The number of aliphatic imine (C=N–C) groups is 1. The molecule has 0 aliphatic carbocycles. The average Bonchev–Trinajstić information content (AvgIpc) is 1.87. The van der Waals surface area contributed by atoms with E-state index in [0.29, 0.717) is 6.08 Å². The standard InChI is InChI=1S/C6H5FN2O/c7-6(10)2-5-9-4-1-3-8/h2,4-5H,1H2. The molecule has 0 fully saturated rings. The second kappa shape index (κ2) is 5.63. The highest BCUT2D eigenvalue weighted by atomic mass is 19.1. The van der Waals surface area contributed by atoms with Crippen LogP contribution in [0.2, 0.25) is 0 Å². The highest BCUT2D eigenvalue weighted by molar-refractivity contribution is 5.80. The molecule has 0 amide bonds. The quantitative estimate of drug-likeness (QED) is 0.333. The van der Waals surface area contributed by atoms with Crippen LogP contribution in [0.3, 0.4) is 0 Å². The minimum Gasteiger partial charge on any atom is -0.268 e. The summed E-state index contributed by atoms with van der Waals surface area (Å²) in [5, 5.41) is 7.97. The van der Waals surface area contributed by atoms with E-state index in [1.54, 1.807) is 6.07 Å². The molecule has 52 valence electrons. The van der Waals surface area contributed by atoms with E-state index in [4.69, 9.17) is 5.26 Å². The molecule has 3 nitrogen and oxygen atoms in total. The monoisotopic (exact) mass is 140 g/mol. The molecule has 0 aromatic heterocycles. The molecule has 0 rings (SSSR count). The third-order valence-corrected chi connectivity index (χ3v) is 0.580. The van der Waals surface area contributed by atoms with Gasteiger partial charge < -0.3 is 0 Å². The predicted octanol–water partition coefficient (Wildman–Crippen LogP) is 0.981. The van der Waals surface area contributed by atoms with Gasteiger partial charge in [-0.2, -0.15) is 9.65 Å². The molecule has 0 saturated heterocycles. The van der Waals surface area contributed by atoms with Crippen molar-refractivity contribution in [1.29, 1.82) is 5.26 Å². The molecule has 0 heterocycles. The van der Waals surface area contributed by atoms with Gasteiger partial charge in [0, 0.05) is 18.5 Å². The van der Waals surface area contributed by atoms with Crippen LogP contribution in [0.25, 0.3) is 0 Å². The van der Waals surface area contributed by atoms with Crippen molar-refractivity contribution in [2.45, 2.75) is 6.42 Å². The van der Waals surface area contributed by atoms with E-state index >= 15 is 0 Å². The maximum absolute atomic E-state index is 11.3. The van der Waals surface area contributed by atoms with Gasteiger partial charge in [-0.05, 0) is 0 Å². The summed E-state index contributed by atoms with van der Waals surface area (Å²) >= 11 is 0. The van der Waals surface area contributed by atoms with Crippen molar-refractivity contribution in [1.82, 2.24) is 0 Å². The molecule has 0 bridgehead atoms. The SMILES string of the molecule is N#CCC=NC=CC(=O)F. The Hall–Kier alpha value is -1.50. The van der Waals surface area contributed by atoms with Gasteiger partial charge in [0.1, 0.15) is 0 Å². The first-order valence-corrected chi connectivity index (χ1v) is 2.52. The van der Waals surface area contributed by atoms with Gasteiger partial charge in [-0.1, -0.05) is 0 Å². The molecule has 0 atom stereocenters. The van der Waals surface area contributed by atoms with Gasteiger partial charge in [-0.25, -0.2) is 0 Å². The van der Waals surface area contributed by atoms with Gasteiger partial charge in [-0.15, -0.1) is 0 Å². The fraction of sp³-hybridized carbons (Fsp3) is 0.167. The van der Waals surface area contributed by atoms with Crippen molar-refractivity contribution >= 4 is 12.3 Å². The van der Waals surface area contributed by atoms with Gasteiger partial charge in [0.25, 0.3) is 0 Å². The summed E-state index contributed by atoms with van der Waals surface area (Å²) in [6.07, 6.45) is 3.11. The predicted molar refractivity (Wildman–Crippen MR) is 34.0 cm³/mol. The van der Waals surface area contributed by atoms with E-state index in [9.17, 15) is 9.18 Å². The zero-order chi connectivity index (χ0) is 7.82. The van der Waals surface area contributed by atoms with Crippen molar-refractivity contribution < 1.29 is 9.18 Å². The first-order valence-electron chi connectivity index (χ1n) is 2.52. The van der Waals surface area contributed by atoms with E-state index < -0.39 is 6.04 Å². The lowest BCUT2D eigenvalue weighted by Gasteiger charge is -1.72. The molecule has 0 aliphatic heterocycles. The average molecular weight is 140 g/mol. The summed E-state index contributed by atoms with van der Waals surface area (Å²) in [5.41, 5.74) is 0. The Kier molecular flexibility index (Phi) is 4.79. The number of rotatable bonds is 3.